The molecule has 2 bridgehead atoms. The summed E-state index contributed by atoms with van der Waals surface area (Å²) in [6.45, 7) is 4.32. The molecule has 0 amide bonds. The predicted octanol–water partition coefficient (Wildman–Crippen LogP) is 3.59. The molecule has 1 saturated carbocycles. The standard InChI is InChI=1S/C19H22O4/c1-19(2)14-10-15(19)16(21)7-11(14)5-6-13-17(22-3)8-12(20)9-18(13)23-4/h5-9,14-15,20H,10H2,1-4H3/b6-5+/t14-,15+/m0/s1. The number of allylic oxidation sites excluding steroid dienone is 3. The summed E-state index contributed by atoms with van der Waals surface area (Å²) in [5.41, 5.74) is 1.84. The summed E-state index contributed by atoms with van der Waals surface area (Å²) in [4.78, 5) is 12.2. The lowest BCUT2D eigenvalue weighted by atomic mass is 9.48. The Hall–Kier alpha value is -2.23. The number of hydrogen-bond donors (Lipinski definition) is 1. The molecular formula is C19H22O4. The molecule has 0 heterocycles. The molecule has 0 aliphatic heterocycles. The van der Waals surface area contributed by atoms with Gasteiger partial charge in [0.15, 0.2) is 5.78 Å². The molecule has 1 fully saturated rings. The minimum atomic E-state index is 0.0363. The highest BCUT2D eigenvalue weighted by molar-refractivity contribution is 5.96. The van der Waals surface area contributed by atoms with Crippen molar-refractivity contribution in [1.82, 2.24) is 0 Å². The van der Waals surface area contributed by atoms with Crippen molar-refractivity contribution >= 4 is 11.9 Å². The molecule has 4 heteroatoms. The average Bonchev–Trinajstić information content (AvgIpc) is 2.51. The number of phenolic OH excluding ortho intramolecular Hbond substituents is 1. The van der Waals surface area contributed by atoms with Gasteiger partial charge in [-0.2, -0.15) is 0 Å². The molecule has 0 spiro atoms. The van der Waals surface area contributed by atoms with Gasteiger partial charge >= 0.3 is 0 Å². The number of hydrogen-bond acceptors (Lipinski definition) is 4. The Morgan fingerprint density at radius 3 is 2.22 bits per heavy atom. The third-order valence-corrected chi connectivity index (χ3v) is 5.29. The summed E-state index contributed by atoms with van der Waals surface area (Å²) in [5, 5.41) is 9.71. The van der Waals surface area contributed by atoms with Gasteiger partial charge in [0.25, 0.3) is 0 Å². The summed E-state index contributed by atoms with van der Waals surface area (Å²) in [5.74, 6) is 1.96. The zero-order valence-corrected chi connectivity index (χ0v) is 13.9. The number of ether oxygens (including phenoxy) is 2. The van der Waals surface area contributed by atoms with Crippen molar-refractivity contribution in [3.63, 3.8) is 0 Å². The zero-order valence-electron chi connectivity index (χ0n) is 13.9. The van der Waals surface area contributed by atoms with Gasteiger partial charge in [0, 0.05) is 18.1 Å². The molecule has 0 radical (unpaired) electrons. The molecule has 4 nitrogen and oxygen atoms in total. The number of benzene rings is 1. The minimum Gasteiger partial charge on any atom is -0.508 e. The Kier molecular flexibility index (Phi) is 3.71. The molecule has 1 aromatic rings. The van der Waals surface area contributed by atoms with Crippen molar-refractivity contribution in [1.29, 1.82) is 0 Å². The van der Waals surface area contributed by atoms with Crippen LogP contribution in [0.4, 0.5) is 0 Å². The Labute approximate surface area is 136 Å². The molecule has 23 heavy (non-hydrogen) atoms. The van der Waals surface area contributed by atoms with Crippen molar-refractivity contribution in [3.8, 4) is 17.2 Å². The van der Waals surface area contributed by atoms with E-state index in [2.05, 4.69) is 13.8 Å². The number of aromatic hydroxyl groups is 1. The van der Waals surface area contributed by atoms with Crippen LogP contribution in [0, 0.1) is 17.3 Å². The van der Waals surface area contributed by atoms with E-state index in [1.54, 1.807) is 32.4 Å². The van der Waals surface area contributed by atoms with Crippen LogP contribution in [-0.4, -0.2) is 25.1 Å². The lowest BCUT2D eigenvalue weighted by Gasteiger charge is -2.54. The van der Waals surface area contributed by atoms with E-state index in [9.17, 15) is 9.90 Å². The lowest BCUT2D eigenvalue weighted by Crippen LogP contribution is -2.52. The van der Waals surface area contributed by atoms with Crippen molar-refractivity contribution in [2.24, 2.45) is 17.3 Å². The molecule has 122 valence electrons. The first-order valence-electron chi connectivity index (χ1n) is 7.77. The Morgan fingerprint density at radius 2 is 1.74 bits per heavy atom. The van der Waals surface area contributed by atoms with E-state index >= 15 is 0 Å². The van der Waals surface area contributed by atoms with Crippen molar-refractivity contribution < 1.29 is 19.4 Å². The van der Waals surface area contributed by atoms with Gasteiger partial charge in [0.1, 0.15) is 17.2 Å². The second kappa shape index (κ2) is 5.44. The number of phenols is 1. The van der Waals surface area contributed by atoms with Crippen LogP contribution >= 0.6 is 0 Å². The maximum absolute atomic E-state index is 12.2. The van der Waals surface area contributed by atoms with Crippen LogP contribution < -0.4 is 9.47 Å². The van der Waals surface area contributed by atoms with Crippen molar-refractivity contribution in [2.75, 3.05) is 14.2 Å². The van der Waals surface area contributed by atoms with E-state index in [-0.39, 0.29) is 22.9 Å². The number of carbonyl (C=O) groups excluding carboxylic acids is 1. The molecule has 0 aromatic heterocycles. The molecule has 2 atom stereocenters. The summed E-state index contributed by atoms with van der Waals surface area (Å²) >= 11 is 0. The molecule has 1 N–H and O–H groups in total. The van der Waals surface area contributed by atoms with E-state index in [0.717, 1.165) is 17.6 Å². The van der Waals surface area contributed by atoms with Crippen LogP contribution in [0.25, 0.3) is 6.08 Å². The van der Waals surface area contributed by atoms with Crippen LogP contribution in [0.3, 0.4) is 0 Å². The number of methoxy groups -OCH3 is 2. The molecule has 3 aliphatic rings. The topological polar surface area (TPSA) is 55.8 Å². The maximum Gasteiger partial charge on any atom is 0.159 e. The average molecular weight is 314 g/mol. The Bertz CT molecular complexity index is 687. The van der Waals surface area contributed by atoms with Gasteiger partial charge in [-0.25, -0.2) is 0 Å². The van der Waals surface area contributed by atoms with E-state index in [0.29, 0.717) is 17.4 Å². The van der Waals surface area contributed by atoms with Crippen LogP contribution in [0.2, 0.25) is 0 Å². The summed E-state index contributed by atoms with van der Waals surface area (Å²) in [6.07, 6.45) is 6.56. The molecule has 0 saturated heterocycles. The molecule has 0 unspecified atom stereocenters. The highest BCUT2D eigenvalue weighted by Crippen LogP contribution is 2.58. The smallest absolute Gasteiger partial charge is 0.159 e. The highest BCUT2D eigenvalue weighted by atomic mass is 16.5. The van der Waals surface area contributed by atoms with Gasteiger partial charge in [0.2, 0.25) is 0 Å². The van der Waals surface area contributed by atoms with E-state index in [1.165, 1.54) is 0 Å². The van der Waals surface area contributed by atoms with Gasteiger partial charge in [-0.05, 0) is 35.5 Å². The monoisotopic (exact) mass is 314 g/mol. The number of carbonyl (C=O) groups is 1. The molecule has 4 rings (SSSR count). The third-order valence-electron chi connectivity index (χ3n) is 5.29. The van der Waals surface area contributed by atoms with Crippen LogP contribution in [0.1, 0.15) is 25.8 Å². The van der Waals surface area contributed by atoms with E-state index in [4.69, 9.17) is 9.47 Å². The fraction of sp³-hybridized carbons (Fsp3) is 0.421. The number of ketones is 1. The molecule has 1 aromatic carbocycles. The maximum atomic E-state index is 12.2. The quantitative estimate of drug-likeness (QED) is 0.922. The second-order valence-corrected chi connectivity index (χ2v) is 6.81. The largest absolute Gasteiger partial charge is 0.508 e. The number of fused-ring (bicyclic) bond motifs is 1. The summed E-state index contributed by atoms with van der Waals surface area (Å²) < 4.78 is 10.7. The van der Waals surface area contributed by atoms with Gasteiger partial charge in [0.05, 0.1) is 19.8 Å². The number of rotatable bonds is 4. The van der Waals surface area contributed by atoms with Crippen LogP contribution in [0.5, 0.6) is 17.2 Å². The van der Waals surface area contributed by atoms with Crippen molar-refractivity contribution in [3.05, 3.63) is 35.4 Å². The van der Waals surface area contributed by atoms with E-state index < -0.39 is 0 Å². The third kappa shape index (κ3) is 2.42. The van der Waals surface area contributed by atoms with Crippen LogP contribution in [-0.2, 0) is 4.79 Å². The minimum absolute atomic E-state index is 0.0363. The molecular weight excluding hydrogens is 292 g/mol. The first-order chi connectivity index (χ1) is 10.9. The SMILES string of the molecule is COc1cc(O)cc(OC)c1/C=C/C1=CC(=O)[C@H]2C[C@@H]1C2(C)C. The predicted molar refractivity (Wildman–Crippen MR) is 88.7 cm³/mol. The fourth-order valence-electron chi connectivity index (χ4n) is 3.77. The summed E-state index contributed by atoms with van der Waals surface area (Å²) in [7, 11) is 3.10. The normalized spacial score (nSPS) is 25.0. The fourth-order valence-corrected chi connectivity index (χ4v) is 3.77. The van der Waals surface area contributed by atoms with Crippen molar-refractivity contribution in [2.45, 2.75) is 20.3 Å². The van der Waals surface area contributed by atoms with Gasteiger partial charge in [-0.1, -0.05) is 19.9 Å². The van der Waals surface area contributed by atoms with E-state index in [1.807, 2.05) is 12.2 Å². The van der Waals surface area contributed by atoms with Gasteiger partial charge < -0.3 is 14.6 Å². The lowest BCUT2D eigenvalue weighted by molar-refractivity contribution is -0.133. The molecule has 3 aliphatic carbocycles. The zero-order chi connectivity index (χ0) is 16.8. The van der Waals surface area contributed by atoms with Gasteiger partial charge in [-0.15, -0.1) is 0 Å². The van der Waals surface area contributed by atoms with Crippen LogP contribution in [0.15, 0.2) is 29.9 Å². The Morgan fingerprint density at radius 1 is 1.13 bits per heavy atom. The van der Waals surface area contributed by atoms with Gasteiger partial charge in [-0.3, -0.25) is 4.79 Å². The highest BCUT2D eigenvalue weighted by Gasteiger charge is 2.54. The first-order valence-corrected chi connectivity index (χ1v) is 7.77. The second-order valence-electron chi connectivity index (χ2n) is 6.81. The first kappa shape index (κ1) is 15.7. The summed E-state index contributed by atoms with van der Waals surface area (Å²) in [6, 6.07) is 3.10. The Balaban J connectivity index is 1.97.